The maximum Gasteiger partial charge on any atom is 0.256 e. The SMILES string of the molecule is NC1(C(F)F)CCCCCCCCCCC1. The van der Waals surface area contributed by atoms with E-state index >= 15 is 0 Å². The molecule has 0 atom stereocenters. The standard InChI is InChI=1S/C13H25F2N/c14-12(15)13(16)10-8-6-4-2-1-3-5-7-9-11-13/h12H,1-11,16H2. The molecule has 0 heterocycles. The van der Waals surface area contributed by atoms with E-state index in [1.807, 2.05) is 0 Å². The summed E-state index contributed by atoms with van der Waals surface area (Å²) in [5, 5.41) is 0. The van der Waals surface area contributed by atoms with Gasteiger partial charge in [-0.2, -0.15) is 0 Å². The number of hydrogen-bond acceptors (Lipinski definition) is 1. The van der Waals surface area contributed by atoms with Gasteiger partial charge in [0, 0.05) is 0 Å². The van der Waals surface area contributed by atoms with Crippen LogP contribution in [0.2, 0.25) is 0 Å². The van der Waals surface area contributed by atoms with Crippen LogP contribution in [0.5, 0.6) is 0 Å². The summed E-state index contributed by atoms with van der Waals surface area (Å²) in [7, 11) is 0. The normalized spacial score (nSPS) is 24.8. The molecule has 0 spiro atoms. The van der Waals surface area contributed by atoms with Crippen LogP contribution in [0.25, 0.3) is 0 Å². The Morgan fingerprint density at radius 1 is 0.688 bits per heavy atom. The summed E-state index contributed by atoms with van der Waals surface area (Å²) in [6.45, 7) is 0. The molecule has 1 saturated carbocycles. The van der Waals surface area contributed by atoms with Gasteiger partial charge in [0.1, 0.15) is 0 Å². The molecule has 1 nitrogen and oxygen atoms in total. The summed E-state index contributed by atoms with van der Waals surface area (Å²) in [5.41, 5.74) is 4.62. The van der Waals surface area contributed by atoms with E-state index in [4.69, 9.17) is 5.73 Å². The molecule has 2 N–H and O–H groups in total. The molecule has 0 bridgehead atoms. The Balaban J connectivity index is 2.42. The summed E-state index contributed by atoms with van der Waals surface area (Å²) in [6.07, 6.45) is 8.64. The molecule has 1 aliphatic carbocycles. The lowest BCUT2D eigenvalue weighted by atomic mass is 9.87. The highest BCUT2D eigenvalue weighted by atomic mass is 19.3. The molecule has 0 amide bonds. The molecule has 0 aromatic carbocycles. The zero-order chi connectivity index (χ0) is 11.9. The second-order valence-electron chi connectivity index (χ2n) is 5.22. The molecule has 16 heavy (non-hydrogen) atoms. The summed E-state index contributed by atoms with van der Waals surface area (Å²) < 4.78 is 25.8. The average molecular weight is 233 g/mol. The third-order valence-corrected chi connectivity index (χ3v) is 3.72. The molecule has 0 unspecified atom stereocenters. The van der Waals surface area contributed by atoms with Crippen molar-refractivity contribution >= 4 is 0 Å². The van der Waals surface area contributed by atoms with Crippen LogP contribution >= 0.6 is 0 Å². The molecule has 0 aromatic rings. The van der Waals surface area contributed by atoms with Crippen molar-refractivity contribution in [3.8, 4) is 0 Å². The molecule has 1 aliphatic rings. The average Bonchev–Trinajstić information content (AvgIpc) is 2.23. The summed E-state index contributed by atoms with van der Waals surface area (Å²) in [6, 6.07) is 0. The Kier molecular flexibility index (Phi) is 6.25. The number of halogens is 2. The van der Waals surface area contributed by atoms with Crippen LogP contribution in [0.1, 0.15) is 70.6 Å². The van der Waals surface area contributed by atoms with E-state index in [-0.39, 0.29) is 0 Å². The minimum Gasteiger partial charge on any atom is -0.320 e. The van der Waals surface area contributed by atoms with E-state index in [0.717, 1.165) is 25.7 Å². The summed E-state index contributed by atoms with van der Waals surface area (Å²) >= 11 is 0. The lowest BCUT2D eigenvalue weighted by molar-refractivity contribution is 0.0398. The fourth-order valence-corrected chi connectivity index (χ4v) is 2.49. The molecular weight excluding hydrogens is 208 g/mol. The van der Waals surface area contributed by atoms with Gasteiger partial charge < -0.3 is 5.73 Å². The highest BCUT2D eigenvalue weighted by Crippen LogP contribution is 2.27. The van der Waals surface area contributed by atoms with E-state index < -0.39 is 12.0 Å². The number of rotatable bonds is 1. The lowest BCUT2D eigenvalue weighted by Crippen LogP contribution is -2.47. The van der Waals surface area contributed by atoms with Crippen molar-refractivity contribution in [3.63, 3.8) is 0 Å². The quantitative estimate of drug-likeness (QED) is 0.719. The first kappa shape index (κ1) is 13.9. The number of alkyl halides is 2. The van der Waals surface area contributed by atoms with Crippen LogP contribution in [-0.4, -0.2) is 12.0 Å². The largest absolute Gasteiger partial charge is 0.320 e. The van der Waals surface area contributed by atoms with E-state index in [0.29, 0.717) is 12.8 Å². The molecule has 0 radical (unpaired) electrons. The molecule has 0 saturated heterocycles. The Bertz CT molecular complexity index is 171. The van der Waals surface area contributed by atoms with E-state index in [1.54, 1.807) is 0 Å². The van der Waals surface area contributed by atoms with Crippen LogP contribution in [0, 0.1) is 0 Å². The van der Waals surface area contributed by atoms with Gasteiger partial charge in [-0.25, -0.2) is 8.78 Å². The predicted molar refractivity (Wildman–Crippen MR) is 63.7 cm³/mol. The molecule has 1 fully saturated rings. The van der Waals surface area contributed by atoms with E-state index in [1.165, 1.54) is 32.1 Å². The van der Waals surface area contributed by atoms with Crippen LogP contribution < -0.4 is 5.73 Å². The second-order valence-corrected chi connectivity index (χ2v) is 5.22. The van der Waals surface area contributed by atoms with Gasteiger partial charge >= 0.3 is 0 Å². The maximum absolute atomic E-state index is 12.9. The van der Waals surface area contributed by atoms with Gasteiger partial charge in [-0.15, -0.1) is 0 Å². The zero-order valence-electron chi connectivity index (χ0n) is 10.2. The van der Waals surface area contributed by atoms with Gasteiger partial charge in [0.25, 0.3) is 6.43 Å². The molecule has 1 rings (SSSR count). The van der Waals surface area contributed by atoms with Crippen LogP contribution in [0.15, 0.2) is 0 Å². The molecule has 0 aromatic heterocycles. The lowest BCUT2D eigenvalue weighted by Gasteiger charge is -2.29. The van der Waals surface area contributed by atoms with E-state index in [2.05, 4.69) is 0 Å². The monoisotopic (exact) mass is 233 g/mol. The molecule has 3 heteroatoms. The summed E-state index contributed by atoms with van der Waals surface area (Å²) in [5.74, 6) is 0. The Morgan fingerprint density at radius 3 is 1.31 bits per heavy atom. The maximum atomic E-state index is 12.9. The van der Waals surface area contributed by atoms with E-state index in [9.17, 15) is 8.78 Å². The Hall–Kier alpha value is -0.180. The first-order valence-electron chi connectivity index (χ1n) is 6.72. The van der Waals surface area contributed by atoms with Crippen LogP contribution in [0.3, 0.4) is 0 Å². The predicted octanol–water partition coefficient (Wildman–Crippen LogP) is 4.25. The van der Waals surface area contributed by atoms with Crippen LogP contribution in [-0.2, 0) is 0 Å². The van der Waals surface area contributed by atoms with Crippen molar-refractivity contribution in [2.45, 2.75) is 82.6 Å². The first-order valence-corrected chi connectivity index (χ1v) is 6.72. The van der Waals surface area contributed by atoms with Gasteiger partial charge in [0.15, 0.2) is 0 Å². The van der Waals surface area contributed by atoms with Gasteiger partial charge in [0.2, 0.25) is 0 Å². The highest BCUT2D eigenvalue weighted by Gasteiger charge is 2.34. The van der Waals surface area contributed by atoms with Gasteiger partial charge in [-0.1, -0.05) is 57.8 Å². The van der Waals surface area contributed by atoms with Gasteiger partial charge in [-0.05, 0) is 12.8 Å². The molecule has 0 aliphatic heterocycles. The minimum absolute atomic E-state index is 0.491. The van der Waals surface area contributed by atoms with Crippen molar-refractivity contribution in [3.05, 3.63) is 0 Å². The van der Waals surface area contributed by atoms with Gasteiger partial charge in [-0.3, -0.25) is 0 Å². The summed E-state index contributed by atoms with van der Waals surface area (Å²) in [4.78, 5) is 0. The third kappa shape index (κ3) is 4.77. The van der Waals surface area contributed by atoms with Crippen molar-refractivity contribution < 1.29 is 8.78 Å². The molecular formula is C13H25F2N. The third-order valence-electron chi connectivity index (χ3n) is 3.72. The fraction of sp³-hybridized carbons (Fsp3) is 1.00. The topological polar surface area (TPSA) is 26.0 Å². The minimum atomic E-state index is -2.37. The Labute approximate surface area is 97.8 Å². The number of hydrogen-bond donors (Lipinski definition) is 1. The fourth-order valence-electron chi connectivity index (χ4n) is 2.49. The zero-order valence-corrected chi connectivity index (χ0v) is 10.2. The van der Waals surface area contributed by atoms with Crippen LogP contribution in [0.4, 0.5) is 8.78 Å². The first-order chi connectivity index (χ1) is 7.65. The Morgan fingerprint density at radius 2 is 1.00 bits per heavy atom. The smallest absolute Gasteiger partial charge is 0.256 e. The second kappa shape index (κ2) is 7.21. The highest BCUT2D eigenvalue weighted by molar-refractivity contribution is 4.86. The van der Waals surface area contributed by atoms with Crippen molar-refractivity contribution in [2.24, 2.45) is 5.73 Å². The molecule has 96 valence electrons. The number of nitrogens with two attached hydrogens (primary N) is 1. The van der Waals surface area contributed by atoms with Gasteiger partial charge in [0.05, 0.1) is 5.54 Å². The van der Waals surface area contributed by atoms with Crippen molar-refractivity contribution in [2.75, 3.05) is 0 Å². The van der Waals surface area contributed by atoms with Crippen molar-refractivity contribution in [1.29, 1.82) is 0 Å². The van der Waals surface area contributed by atoms with Crippen molar-refractivity contribution in [1.82, 2.24) is 0 Å².